The summed E-state index contributed by atoms with van der Waals surface area (Å²) in [6.07, 6.45) is 1.50. The molecule has 1 saturated heterocycles. The fraction of sp³-hybridized carbons (Fsp3) is 0.389. The van der Waals surface area contributed by atoms with E-state index in [0.29, 0.717) is 18.9 Å². The molecule has 0 radical (unpaired) electrons. The van der Waals surface area contributed by atoms with Gasteiger partial charge in [0, 0.05) is 58.0 Å². The minimum atomic E-state index is -0.355. The topological polar surface area (TPSA) is 102 Å². The van der Waals surface area contributed by atoms with Crippen molar-refractivity contribution in [2.45, 2.75) is 13.2 Å². The van der Waals surface area contributed by atoms with Gasteiger partial charge in [0.1, 0.15) is 12.1 Å². The van der Waals surface area contributed by atoms with Gasteiger partial charge in [-0.15, -0.1) is 0 Å². The average molecular weight is 383 g/mol. The largest absolute Gasteiger partial charge is 0.378 e. The van der Waals surface area contributed by atoms with Gasteiger partial charge in [-0.1, -0.05) is 12.1 Å². The van der Waals surface area contributed by atoms with E-state index >= 15 is 0 Å². The Hall–Kier alpha value is -3.11. The number of ether oxygens (including phenoxy) is 1. The summed E-state index contributed by atoms with van der Waals surface area (Å²) in [5.74, 6) is 1.51. The lowest BCUT2D eigenvalue weighted by Crippen LogP contribution is -2.46. The smallest absolute Gasteiger partial charge is 0.269 e. The number of rotatable bonds is 6. The van der Waals surface area contributed by atoms with Crippen LogP contribution in [0.25, 0.3) is 5.78 Å². The third-order valence-electron chi connectivity index (χ3n) is 4.80. The van der Waals surface area contributed by atoms with Gasteiger partial charge < -0.3 is 9.64 Å². The van der Waals surface area contributed by atoms with Crippen LogP contribution in [0.15, 0.2) is 36.7 Å². The van der Waals surface area contributed by atoms with Crippen molar-refractivity contribution in [1.82, 2.24) is 24.5 Å². The fourth-order valence-corrected chi connectivity index (χ4v) is 3.45. The summed E-state index contributed by atoms with van der Waals surface area (Å²) in [5.41, 5.74) is 1.90. The zero-order chi connectivity index (χ0) is 19.5. The fourth-order valence-electron chi connectivity index (χ4n) is 3.45. The first-order valence-corrected chi connectivity index (χ1v) is 9.03. The van der Waals surface area contributed by atoms with Crippen LogP contribution in [-0.4, -0.2) is 62.7 Å². The summed E-state index contributed by atoms with van der Waals surface area (Å²) in [7, 11) is 1.64. The van der Waals surface area contributed by atoms with Gasteiger partial charge in [0.15, 0.2) is 0 Å². The Morgan fingerprint density at radius 1 is 1.21 bits per heavy atom. The molecule has 1 aromatic carbocycles. The van der Waals surface area contributed by atoms with Crippen molar-refractivity contribution in [2.24, 2.45) is 0 Å². The molecule has 146 valence electrons. The molecular weight excluding hydrogens is 362 g/mol. The van der Waals surface area contributed by atoms with Gasteiger partial charge in [-0.25, -0.2) is 4.98 Å². The maximum Gasteiger partial charge on any atom is 0.269 e. The summed E-state index contributed by atoms with van der Waals surface area (Å²) >= 11 is 0. The maximum absolute atomic E-state index is 11.0. The average Bonchev–Trinajstić information content (AvgIpc) is 3.17. The molecule has 3 heterocycles. The van der Waals surface area contributed by atoms with Gasteiger partial charge in [0.25, 0.3) is 11.5 Å². The highest BCUT2D eigenvalue weighted by molar-refractivity contribution is 5.47. The van der Waals surface area contributed by atoms with Crippen molar-refractivity contribution in [1.29, 1.82) is 0 Å². The van der Waals surface area contributed by atoms with E-state index in [2.05, 4.69) is 24.9 Å². The van der Waals surface area contributed by atoms with Crippen LogP contribution in [0.1, 0.15) is 11.3 Å². The van der Waals surface area contributed by atoms with E-state index in [1.807, 2.05) is 12.1 Å². The third kappa shape index (κ3) is 3.78. The SMILES string of the molecule is COCc1cc(N2CCN(Cc3cccc([N+](=O)[O-])c3)CC2)n2ncnc2n1. The molecule has 0 aliphatic carbocycles. The van der Waals surface area contributed by atoms with Crippen LogP contribution in [0.4, 0.5) is 11.5 Å². The Kier molecular flexibility index (Phi) is 5.13. The molecule has 1 aliphatic heterocycles. The summed E-state index contributed by atoms with van der Waals surface area (Å²) in [5, 5.41) is 15.3. The number of benzene rings is 1. The van der Waals surface area contributed by atoms with Gasteiger partial charge >= 0.3 is 0 Å². The van der Waals surface area contributed by atoms with Crippen LogP contribution in [0.3, 0.4) is 0 Å². The first-order chi connectivity index (χ1) is 13.6. The molecular formula is C18H21N7O3. The van der Waals surface area contributed by atoms with Crippen LogP contribution in [0, 0.1) is 10.1 Å². The predicted octanol–water partition coefficient (Wildman–Crippen LogP) is 1.50. The number of nitro benzene ring substituents is 1. The standard InChI is InChI=1S/C18H21N7O3/c1-28-12-15-10-17(24-18(21-15)19-13-20-24)23-7-5-22(6-8-23)11-14-3-2-4-16(9-14)25(26)27/h2-4,9-10,13H,5-8,11-12H2,1H3. The summed E-state index contributed by atoms with van der Waals surface area (Å²) in [4.78, 5) is 23.8. The molecule has 1 aliphatic rings. The van der Waals surface area contributed by atoms with Crippen LogP contribution in [0.2, 0.25) is 0 Å². The molecule has 0 amide bonds. The minimum absolute atomic E-state index is 0.132. The van der Waals surface area contributed by atoms with Gasteiger partial charge in [-0.05, 0) is 5.56 Å². The van der Waals surface area contributed by atoms with Crippen molar-refractivity contribution in [3.05, 3.63) is 58.0 Å². The first-order valence-electron chi connectivity index (χ1n) is 9.03. The molecule has 4 rings (SSSR count). The van der Waals surface area contributed by atoms with Crippen LogP contribution in [0.5, 0.6) is 0 Å². The van der Waals surface area contributed by atoms with Gasteiger partial charge in [-0.2, -0.15) is 14.6 Å². The Balaban J connectivity index is 1.46. The van der Waals surface area contributed by atoms with Crippen molar-refractivity contribution in [3.8, 4) is 0 Å². The molecule has 10 heteroatoms. The monoisotopic (exact) mass is 383 g/mol. The number of fused-ring (bicyclic) bond motifs is 1. The van der Waals surface area contributed by atoms with E-state index in [1.165, 1.54) is 12.4 Å². The zero-order valence-corrected chi connectivity index (χ0v) is 15.6. The highest BCUT2D eigenvalue weighted by Crippen LogP contribution is 2.20. The Morgan fingerprint density at radius 3 is 2.79 bits per heavy atom. The van der Waals surface area contributed by atoms with Crippen molar-refractivity contribution >= 4 is 17.3 Å². The van der Waals surface area contributed by atoms with Crippen LogP contribution in [-0.2, 0) is 17.9 Å². The van der Waals surface area contributed by atoms with E-state index in [1.54, 1.807) is 23.8 Å². The van der Waals surface area contributed by atoms with E-state index in [9.17, 15) is 10.1 Å². The quantitative estimate of drug-likeness (QED) is 0.466. The number of aromatic nitrogens is 4. The normalized spacial score (nSPS) is 15.2. The first kappa shape index (κ1) is 18.3. The lowest BCUT2D eigenvalue weighted by Gasteiger charge is -2.36. The lowest BCUT2D eigenvalue weighted by atomic mass is 10.1. The van der Waals surface area contributed by atoms with E-state index < -0.39 is 0 Å². The van der Waals surface area contributed by atoms with E-state index in [0.717, 1.165) is 43.3 Å². The summed E-state index contributed by atoms with van der Waals surface area (Å²) in [6, 6.07) is 8.82. The third-order valence-corrected chi connectivity index (χ3v) is 4.80. The Labute approximate surface area is 161 Å². The molecule has 0 spiro atoms. The number of anilines is 1. The second-order valence-corrected chi connectivity index (χ2v) is 6.70. The molecule has 0 unspecified atom stereocenters. The number of nitrogens with zero attached hydrogens (tertiary/aromatic N) is 7. The molecule has 3 aromatic rings. The van der Waals surface area contributed by atoms with Gasteiger partial charge in [0.05, 0.1) is 17.2 Å². The number of methoxy groups -OCH3 is 1. The zero-order valence-electron chi connectivity index (χ0n) is 15.6. The molecule has 1 fully saturated rings. The van der Waals surface area contributed by atoms with E-state index in [-0.39, 0.29) is 10.6 Å². The number of hydrogen-bond acceptors (Lipinski definition) is 8. The molecule has 0 bridgehead atoms. The highest BCUT2D eigenvalue weighted by atomic mass is 16.6. The van der Waals surface area contributed by atoms with Crippen LogP contribution >= 0.6 is 0 Å². The molecule has 2 aromatic heterocycles. The maximum atomic E-state index is 11.0. The van der Waals surface area contributed by atoms with Crippen molar-refractivity contribution in [3.63, 3.8) is 0 Å². The lowest BCUT2D eigenvalue weighted by molar-refractivity contribution is -0.384. The summed E-state index contributed by atoms with van der Waals surface area (Å²) in [6.45, 7) is 4.45. The second-order valence-electron chi connectivity index (χ2n) is 6.70. The number of piperazine rings is 1. The summed E-state index contributed by atoms with van der Waals surface area (Å²) < 4.78 is 6.96. The number of non-ortho nitro benzene ring substituents is 1. The van der Waals surface area contributed by atoms with Gasteiger partial charge in [0.2, 0.25) is 0 Å². The second kappa shape index (κ2) is 7.87. The van der Waals surface area contributed by atoms with Crippen LogP contribution < -0.4 is 4.90 Å². The van der Waals surface area contributed by atoms with Gasteiger partial charge in [-0.3, -0.25) is 15.0 Å². The van der Waals surface area contributed by atoms with Crippen molar-refractivity contribution in [2.75, 3.05) is 38.2 Å². The number of nitro groups is 1. The number of hydrogen-bond donors (Lipinski definition) is 0. The van der Waals surface area contributed by atoms with Crippen molar-refractivity contribution < 1.29 is 9.66 Å². The Morgan fingerprint density at radius 2 is 2.04 bits per heavy atom. The Bertz CT molecular complexity index is 982. The molecule has 28 heavy (non-hydrogen) atoms. The molecule has 0 N–H and O–H groups in total. The van der Waals surface area contributed by atoms with E-state index in [4.69, 9.17) is 4.74 Å². The predicted molar refractivity (Wildman–Crippen MR) is 102 cm³/mol. The molecule has 10 nitrogen and oxygen atoms in total. The minimum Gasteiger partial charge on any atom is -0.378 e. The molecule has 0 saturated carbocycles. The molecule has 0 atom stereocenters. The highest BCUT2D eigenvalue weighted by Gasteiger charge is 2.21.